The predicted octanol–water partition coefficient (Wildman–Crippen LogP) is 7.60. The van der Waals surface area contributed by atoms with E-state index in [0.717, 1.165) is 29.6 Å². The van der Waals surface area contributed by atoms with E-state index in [1.165, 1.54) is 70.3 Å². The molecular formula is C27H51NOSi. The van der Waals surface area contributed by atoms with E-state index in [1.807, 2.05) is 0 Å². The Balaban J connectivity index is 1.48. The number of rotatable bonds is 6. The maximum Gasteiger partial charge on any atom is 0.188 e. The van der Waals surface area contributed by atoms with Crippen LogP contribution in [0.15, 0.2) is 0 Å². The molecule has 3 heteroatoms. The van der Waals surface area contributed by atoms with Crippen LogP contribution in [-0.2, 0) is 4.43 Å². The second-order valence-corrected chi connectivity index (χ2v) is 17.2. The molecule has 0 bridgehead atoms. The summed E-state index contributed by atoms with van der Waals surface area (Å²) in [7, 11) is -1.55. The summed E-state index contributed by atoms with van der Waals surface area (Å²) in [4.78, 5) is 0. The molecule has 4 aliphatic rings. The average Bonchev–Trinajstić information content (AvgIpc) is 3.03. The fourth-order valence-electron chi connectivity index (χ4n) is 9.10. The van der Waals surface area contributed by atoms with E-state index in [-0.39, 0.29) is 0 Å². The molecule has 1 heterocycles. The first kappa shape index (κ1) is 23.3. The Kier molecular flexibility index (Phi) is 6.59. The highest BCUT2D eigenvalue weighted by Gasteiger charge is 2.61. The summed E-state index contributed by atoms with van der Waals surface area (Å²) in [6.07, 6.45) is 14.3. The highest BCUT2D eigenvalue weighted by atomic mass is 28.4. The van der Waals surface area contributed by atoms with Crippen molar-refractivity contribution in [1.29, 1.82) is 0 Å². The van der Waals surface area contributed by atoms with E-state index in [1.54, 1.807) is 0 Å². The molecule has 0 spiro atoms. The van der Waals surface area contributed by atoms with E-state index in [2.05, 4.69) is 53.0 Å². The Morgan fingerprint density at radius 1 is 0.967 bits per heavy atom. The molecule has 0 aromatic rings. The van der Waals surface area contributed by atoms with Gasteiger partial charge >= 0.3 is 0 Å². The molecule has 3 saturated carbocycles. The number of piperidine rings is 1. The predicted molar refractivity (Wildman–Crippen MR) is 131 cm³/mol. The second kappa shape index (κ2) is 8.49. The monoisotopic (exact) mass is 433 g/mol. The van der Waals surface area contributed by atoms with Crippen LogP contribution in [0.1, 0.15) is 98.8 Å². The van der Waals surface area contributed by atoms with Gasteiger partial charge < -0.3 is 4.43 Å². The van der Waals surface area contributed by atoms with Gasteiger partial charge in [-0.1, -0.05) is 53.9 Å². The summed E-state index contributed by atoms with van der Waals surface area (Å²) in [6, 6.07) is 1.97. The largest absolute Gasteiger partial charge is 0.402 e. The molecule has 3 aliphatic carbocycles. The maximum absolute atomic E-state index is 6.79. The molecule has 174 valence electrons. The minimum atomic E-state index is -1.55. The van der Waals surface area contributed by atoms with Gasteiger partial charge in [0, 0.05) is 6.04 Å². The topological polar surface area (TPSA) is 21.3 Å². The van der Waals surface area contributed by atoms with Crippen molar-refractivity contribution in [2.75, 3.05) is 0 Å². The van der Waals surface area contributed by atoms with Crippen molar-refractivity contribution in [1.82, 2.24) is 5.32 Å². The SMILES string of the molecule is CCCC[Si](C)(C)OC1CC[C@@]2(C)[C@@H](C[C@H](C)[C@@H]3[C@@H]2CC[C@]2(C)[C@@H](CC)CC[C@@H]32)N1. The van der Waals surface area contributed by atoms with Gasteiger partial charge in [0.2, 0.25) is 0 Å². The first-order valence-corrected chi connectivity index (χ1v) is 16.7. The normalized spacial score (nSPS) is 48.7. The number of hydrogen-bond acceptors (Lipinski definition) is 2. The van der Waals surface area contributed by atoms with E-state index in [9.17, 15) is 0 Å². The van der Waals surface area contributed by atoms with Gasteiger partial charge in [0.25, 0.3) is 0 Å². The van der Waals surface area contributed by atoms with Gasteiger partial charge in [-0.15, -0.1) is 0 Å². The molecule has 0 aromatic carbocycles. The summed E-state index contributed by atoms with van der Waals surface area (Å²) in [5, 5.41) is 4.09. The maximum atomic E-state index is 6.79. The molecule has 2 nitrogen and oxygen atoms in total. The number of nitrogens with one attached hydrogen (secondary N) is 1. The Morgan fingerprint density at radius 3 is 2.37 bits per heavy atom. The summed E-state index contributed by atoms with van der Waals surface area (Å²) >= 11 is 0. The summed E-state index contributed by atoms with van der Waals surface area (Å²) in [5.74, 6) is 4.74. The van der Waals surface area contributed by atoms with Crippen molar-refractivity contribution in [3.8, 4) is 0 Å². The highest BCUT2D eigenvalue weighted by molar-refractivity contribution is 6.71. The van der Waals surface area contributed by atoms with Gasteiger partial charge in [0.1, 0.15) is 0 Å². The molecule has 0 aromatic heterocycles. The molecule has 4 fully saturated rings. The third-order valence-corrected chi connectivity index (χ3v) is 13.3. The highest BCUT2D eigenvalue weighted by Crippen LogP contribution is 2.67. The number of fused-ring (bicyclic) bond motifs is 5. The fourth-order valence-corrected chi connectivity index (χ4v) is 11.4. The molecule has 1 saturated heterocycles. The molecular weight excluding hydrogens is 382 g/mol. The third-order valence-electron chi connectivity index (χ3n) is 10.9. The Bertz CT molecular complexity index is 608. The zero-order chi connectivity index (χ0) is 21.7. The molecule has 9 atom stereocenters. The van der Waals surface area contributed by atoms with E-state index < -0.39 is 8.32 Å². The van der Waals surface area contributed by atoms with Crippen molar-refractivity contribution in [3.63, 3.8) is 0 Å². The molecule has 1 unspecified atom stereocenters. The van der Waals surface area contributed by atoms with E-state index in [0.29, 0.717) is 23.1 Å². The standard InChI is InChI=1S/C27H51NOSi/c1-8-10-17-30(6,7)29-24-14-16-27(5)22-13-15-26(4)20(9-2)11-12-21(26)25(22)19(3)18-23(27)28-24/h19-25,28H,8-18H2,1-7H3/t19-,20-,21-,22-,23+,24?,25-,26+,27+/m0/s1. The van der Waals surface area contributed by atoms with Gasteiger partial charge in [-0.05, 0) is 105 Å². The second-order valence-electron chi connectivity index (χ2n) is 13.0. The molecule has 30 heavy (non-hydrogen) atoms. The molecule has 4 rings (SSSR count). The van der Waals surface area contributed by atoms with Gasteiger partial charge in [0.15, 0.2) is 8.32 Å². The fraction of sp³-hybridized carbons (Fsp3) is 1.00. The van der Waals surface area contributed by atoms with Crippen LogP contribution in [0.2, 0.25) is 19.1 Å². The van der Waals surface area contributed by atoms with Gasteiger partial charge in [-0.2, -0.15) is 0 Å². The van der Waals surface area contributed by atoms with Crippen molar-refractivity contribution >= 4 is 8.32 Å². The van der Waals surface area contributed by atoms with Crippen molar-refractivity contribution < 1.29 is 4.43 Å². The molecule has 1 N–H and O–H groups in total. The van der Waals surface area contributed by atoms with Crippen LogP contribution < -0.4 is 5.32 Å². The summed E-state index contributed by atoms with van der Waals surface area (Å²) in [5.41, 5.74) is 1.12. The number of hydrogen-bond donors (Lipinski definition) is 1. The number of unbranched alkanes of at least 4 members (excludes halogenated alkanes) is 1. The minimum absolute atomic E-state index is 0.315. The Hall–Kier alpha value is 0.137. The third kappa shape index (κ3) is 3.87. The smallest absolute Gasteiger partial charge is 0.188 e. The van der Waals surface area contributed by atoms with Crippen LogP contribution in [0.25, 0.3) is 0 Å². The zero-order valence-electron chi connectivity index (χ0n) is 21.2. The van der Waals surface area contributed by atoms with Gasteiger partial charge in [0.05, 0.1) is 6.23 Å². The molecule has 0 radical (unpaired) electrons. The van der Waals surface area contributed by atoms with E-state index in [4.69, 9.17) is 4.43 Å². The lowest BCUT2D eigenvalue weighted by atomic mass is 9.45. The summed E-state index contributed by atoms with van der Waals surface area (Å²) < 4.78 is 6.79. The lowest BCUT2D eigenvalue weighted by Crippen LogP contribution is -2.64. The lowest BCUT2D eigenvalue weighted by Gasteiger charge is -2.63. The van der Waals surface area contributed by atoms with Crippen LogP contribution >= 0.6 is 0 Å². The van der Waals surface area contributed by atoms with E-state index >= 15 is 0 Å². The van der Waals surface area contributed by atoms with Crippen molar-refractivity contribution in [3.05, 3.63) is 0 Å². The van der Waals surface area contributed by atoms with Crippen LogP contribution in [-0.4, -0.2) is 20.6 Å². The van der Waals surface area contributed by atoms with Crippen molar-refractivity contribution in [2.24, 2.45) is 40.4 Å². The Labute approximate surface area is 188 Å². The lowest BCUT2D eigenvalue weighted by molar-refractivity contribution is -0.134. The first-order valence-electron chi connectivity index (χ1n) is 13.6. The Morgan fingerprint density at radius 2 is 1.67 bits per heavy atom. The van der Waals surface area contributed by atoms with Crippen molar-refractivity contribution in [2.45, 2.75) is 130 Å². The molecule has 0 amide bonds. The van der Waals surface area contributed by atoms with Crippen LogP contribution in [0.4, 0.5) is 0 Å². The minimum Gasteiger partial charge on any atom is -0.402 e. The van der Waals surface area contributed by atoms with Gasteiger partial charge in [-0.25, -0.2) is 0 Å². The molecule has 1 aliphatic heterocycles. The zero-order valence-corrected chi connectivity index (χ0v) is 22.2. The quantitative estimate of drug-likeness (QED) is 0.435. The van der Waals surface area contributed by atoms with Gasteiger partial charge in [-0.3, -0.25) is 5.32 Å². The average molecular weight is 434 g/mol. The van der Waals surface area contributed by atoms with Crippen LogP contribution in [0.3, 0.4) is 0 Å². The first-order chi connectivity index (χ1) is 14.1. The van der Waals surface area contributed by atoms with Crippen LogP contribution in [0, 0.1) is 40.4 Å². The summed E-state index contributed by atoms with van der Waals surface area (Å²) in [6.45, 7) is 17.6. The van der Waals surface area contributed by atoms with Crippen LogP contribution in [0.5, 0.6) is 0 Å².